The maximum absolute atomic E-state index is 12.3. The number of aliphatic hydroxyl groups excluding tert-OH is 1. The van der Waals surface area contributed by atoms with E-state index in [1.807, 2.05) is 18.7 Å². The Labute approximate surface area is 97.8 Å². The van der Waals surface area contributed by atoms with Crippen molar-refractivity contribution >= 4 is 5.91 Å². The molecule has 0 atom stereocenters. The smallest absolute Gasteiger partial charge is 0.242 e. The van der Waals surface area contributed by atoms with Gasteiger partial charge in [-0.2, -0.15) is 0 Å². The molecule has 4 nitrogen and oxygen atoms in total. The van der Waals surface area contributed by atoms with Gasteiger partial charge in [-0.3, -0.25) is 4.79 Å². The van der Waals surface area contributed by atoms with E-state index in [4.69, 9.17) is 10.8 Å². The van der Waals surface area contributed by atoms with E-state index in [-0.39, 0.29) is 18.6 Å². The highest BCUT2D eigenvalue weighted by atomic mass is 16.3. The largest absolute Gasteiger partial charge is 0.396 e. The summed E-state index contributed by atoms with van der Waals surface area (Å²) in [5.74, 6) is 0.0634. The quantitative estimate of drug-likeness (QED) is 0.734. The standard InChI is InChI=1S/C12H24N2O2/c1-10(2)14(8-5-9-15)11(16)12(13)6-3-4-7-12/h10,15H,3-9,13H2,1-2H3. The van der Waals surface area contributed by atoms with E-state index in [9.17, 15) is 4.79 Å². The Morgan fingerprint density at radius 2 is 2.00 bits per heavy atom. The van der Waals surface area contributed by atoms with Gasteiger partial charge in [0.2, 0.25) is 5.91 Å². The van der Waals surface area contributed by atoms with Gasteiger partial charge in [0.1, 0.15) is 0 Å². The number of rotatable bonds is 5. The summed E-state index contributed by atoms with van der Waals surface area (Å²) in [6.45, 7) is 4.71. The van der Waals surface area contributed by atoms with E-state index in [0.29, 0.717) is 13.0 Å². The van der Waals surface area contributed by atoms with Crippen LogP contribution in [0.1, 0.15) is 46.0 Å². The Balaban J connectivity index is 2.66. The minimum Gasteiger partial charge on any atom is -0.396 e. The summed E-state index contributed by atoms with van der Waals surface area (Å²) in [5.41, 5.74) is 5.52. The molecule has 0 saturated heterocycles. The molecule has 1 aliphatic rings. The Kier molecular flexibility index (Phi) is 4.74. The van der Waals surface area contributed by atoms with Crippen LogP contribution >= 0.6 is 0 Å². The summed E-state index contributed by atoms with van der Waals surface area (Å²) in [7, 11) is 0. The van der Waals surface area contributed by atoms with Gasteiger partial charge in [-0.1, -0.05) is 12.8 Å². The first-order valence-electron chi connectivity index (χ1n) is 6.22. The zero-order chi connectivity index (χ0) is 12.2. The fourth-order valence-electron chi connectivity index (χ4n) is 2.34. The Morgan fingerprint density at radius 1 is 1.44 bits per heavy atom. The van der Waals surface area contributed by atoms with Crippen molar-refractivity contribution in [1.82, 2.24) is 4.90 Å². The first kappa shape index (κ1) is 13.5. The summed E-state index contributed by atoms with van der Waals surface area (Å²) in [6.07, 6.45) is 4.32. The Hall–Kier alpha value is -0.610. The average molecular weight is 228 g/mol. The van der Waals surface area contributed by atoms with Crippen molar-refractivity contribution in [2.75, 3.05) is 13.2 Å². The highest BCUT2D eigenvalue weighted by Gasteiger charge is 2.40. The van der Waals surface area contributed by atoms with Crippen LogP contribution in [0.4, 0.5) is 0 Å². The molecule has 0 heterocycles. The molecule has 0 aliphatic heterocycles. The minimum atomic E-state index is -0.639. The molecule has 94 valence electrons. The molecule has 1 amide bonds. The number of nitrogens with zero attached hydrogens (tertiary/aromatic N) is 1. The lowest BCUT2D eigenvalue weighted by Gasteiger charge is -2.34. The maximum atomic E-state index is 12.3. The number of carbonyl (C=O) groups excluding carboxylic acids is 1. The van der Waals surface area contributed by atoms with Gasteiger partial charge < -0.3 is 15.7 Å². The van der Waals surface area contributed by atoms with Crippen molar-refractivity contribution in [2.24, 2.45) is 5.73 Å². The highest BCUT2D eigenvalue weighted by Crippen LogP contribution is 2.29. The van der Waals surface area contributed by atoms with Crippen molar-refractivity contribution in [3.63, 3.8) is 0 Å². The van der Waals surface area contributed by atoms with Crippen LogP contribution in [0.15, 0.2) is 0 Å². The fraction of sp³-hybridized carbons (Fsp3) is 0.917. The van der Waals surface area contributed by atoms with E-state index in [2.05, 4.69) is 0 Å². The summed E-state index contributed by atoms with van der Waals surface area (Å²) >= 11 is 0. The predicted octanol–water partition coefficient (Wildman–Crippen LogP) is 0.877. The van der Waals surface area contributed by atoms with Crippen LogP contribution in [-0.4, -0.2) is 40.6 Å². The molecule has 0 aromatic carbocycles. The van der Waals surface area contributed by atoms with Gasteiger partial charge in [0.15, 0.2) is 0 Å². The maximum Gasteiger partial charge on any atom is 0.242 e. The minimum absolute atomic E-state index is 0.0634. The van der Waals surface area contributed by atoms with Gasteiger partial charge in [0.05, 0.1) is 5.54 Å². The molecule has 0 aromatic rings. The predicted molar refractivity (Wildman–Crippen MR) is 63.9 cm³/mol. The van der Waals surface area contributed by atoms with E-state index in [1.165, 1.54) is 0 Å². The summed E-state index contributed by atoms with van der Waals surface area (Å²) in [6, 6.07) is 0.153. The zero-order valence-electron chi connectivity index (χ0n) is 10.4. The van der Waals surface area contributed by atoms with Crippen molar-refractivity contribution < 1.29 is 9.90 Å². The van der Waals surface area contributed by atoms with Crippen LogP contribution in [0, 0.1) is 0 Å². The molecule has 4 heteroatoms. The van der Waals surface area contributed by atoms with Crippen LogP contribution in [-0.2, 0) is 4.79 Å². The Bertz CT molecular complexity index is 235. The molecule has 1 fully saturated rings. The van der Waals surface area contributed by atoms with Gasteiger partial charge in [-0.25, -0.2) is 0 Å². The lowest BCUT2D eigenvalue weighted by Crippen LogP contribution is -2.55. The molecule has 1 aliphatic carbocycles. The Morgan fingerprint density at radius 3 is 2.44 bits per heavy atom. The summed E-state index contributed by atoms with van der Waals surface area (Å²) in [5, 5.41) is 8.84. The van der Waals surface area contributed by atoms with Crippen LogP contribution in [0.5, 0.6) is 0 Å². The molecule has 0 unspecified atom stereocenters. The van der Waals surface area contributed by atoms with E-state index < -0.39 is 5.54 Å². The third-order valence-corrected chi connectivity index (χ3v) is 3.36. The van der Waals surface area contributed by atoms with Crippen LogP contribution in [0.2, 0.25) is 0 Å². The van der Waals surface area contributed by atoms with Crippen molar-refractivity contribution in [3.8, 4) is 0 Å². The normalized spacial score (nSPS) is 19.1. The lowest BCUT2D eigenvalue weighted by molar-refractivity contribution is -0.138. The molecule has 16 heavy (non-hydrogen) atoms. The molecular formula is C12H24N2O2. The second kappa shape index (κ2) is 5.64. The van der Waals surface area contributed by atoms with Gasteiger partial charge in [-0.05, 0) is 33.1 Å². The van der Waals surface area contributed by atoms with Crippen LogP contribution in [0.3, 0.4) is 0 Å². The number of nitrogens with two attached hydrogens (primary N) is 1. The number of carbonyl (C=O) groups is 1. The zero-order valence-corrected chi connectivity index (χ0v) is 10.4. The van der Waals surface area contributed by atoms with Crippen molar-refractivity contribution in [3.05, 3.63) is 0 Å². The van der Waals surface area contributed by atoms with E-state index in [1.54, 1.807) is 0 Å². The second-order valence-corrected chi connectivity index (χ2v) is 5.03. The SMILES string of the molecule is CC(C)N(CCCO)C(=O)C1(N)CCCC1. The molecule has 1 saturated carbocycles. The van der Waals surface area contributed by atoms with Gasteiger partial charge in [-0.15, -0.1) is 0 Å². The highest BCUT2D eigenvalue weighted by molar-refractivity contribution is 5.86. The number of aliphatic hydroxyl groups is 1. The molecule has 3 N–H and O–H groups in total. The number of hydrogen-bond donors (Lipinski definition) is 2. The van der Waals surface area contributed by atoms with Gasteiger partial charge in [0, 0.05) is 19.2 Å². The molecule has 0 bridgehead atoms. The fourth-order valence-corrected chi connectivity index (χ4v) is 2.34. The van der Waals surface area contributed by atoms with Gasteiger partial charge in [0.25, 0.3) is 0 Å². The molecule has 0 radical (unpaired) electrons. The summed E-state index contributed by atoms with van der Waals surface area (Å²) in [4.78, 5) is 14.1. The van der Waals surface area contributed by atoms with Crippen LogP contribution in [0.25, 0.3) is 0 Å². The van der Waals surface area contributed by atoms with E-state index in [0.717, 1.165) is 25.7 Å². The topological polar surface area (TPSA) is 66.6 Å². The number of amides is 1. The number of hydrogen-bond acceptors (Lipinski definition) is 3. The summed E-state index contributed by atoms with van der Waals surface area (Å²) < 4.78 is 0. The molecule has 0 spiro atoms. The molecule has 0 aromatic heterocycles. The van der Waals surface area contributed by atoms with Crippen LogP contribution < -0.4 is 5.73 Å². The monoisotopic (exact) mass is 228 g/mol. The molecular weight excluding hydrogens is 204 g/mol. The second-order valence-electron chi connectivity index (χ2n) is 5.03. The van der Waals surface area contributed by atoms with Crippen molar-refractivity contribution in [2.45, 2.75) is 57.5 Å². The third-order valence-electron chi connectivity index (χ3n) is 3.36. The first-order valence-corrected chi connectivity index (χ1v) is 6.22. The average Bonchev–Trinajstić information content (AvgIpc) is 2.66. The lowest BCUT2D eigenvalue weighted by atomic mass is 9.96. The first-order chi connectivity index (χ1) is 7.51. The van der Waals surface area contributed by atoms with E-state index >= 15 is 0 Å². The third kappa shape index (κ3) is 2.95. The van der Waals surface area contributed by atoms with Crippen molar-refractivity contribution in [1.29, 1.82) is 0 Å². The molecule has 1 rings (SSSR count). The van der Waals surface area contributed by atoms with Gasteiger partial charge >= 0.3 is 0 Å².